The molecular weight excluding hydrogens is 258 g/mol. The summed E-state index contributed by atoms with van der Waals surface area (Å²) in [7, 11) is 2.12. The summed E-state index contributed by atoms with van der Waals surface area (Å²) in [6.07, 6.45) is 2.69. The fraction of sp³-hybridized carbons (Fsp3) is 0.667. The lowest BCUT2D eigenvalue weighted by atomic mass is 10.1. The molecule has 1 saturated heterocycles. The van der Waals surface area contributed by atoms with Crippen LogP contribution in [0.3, 0.4) is 0 Å². The van der Waals surface area contributed by atoms with Gasteiger partial charge in [-0.1, -0.05) is 0 Å². The first-order chi connectivity index (χ1) is 9.11. The van der Waals surface area contributed by atoms with Gasteiger partial charge in [-0.25, -0.2) is 4.98 Å². The number of likely N-dealkylation sites (N-methyl/N-ethyl adjacent to an activating group) is 1. The molecule has 1 fully saturated rings. The molecular formula is C15H24ClN3. The first kappa shape index (κ1) is 14.6. The standard InChI is InChI=1S/C15H24ClN3/c1-12-10-13(2)17-15(14(12)11-16)18(3)8-9-19-6-4-5-7-19/h10H,4-9,11H2,1-3H3. The third-order valence-electron chi connectivity index (χ3n) is 3.90. The number of alkyl halides is 1. The van der Waals surface area contributed by atoms with Gasteiger partial charge in [0.25, 0.3) is 0 Å². The maximum Gasteiger partial charge on any atom is 0.133 e. The normalized spacial score (nSPS) is 16.0. The minimum Gasteiger partial charge on any atom is -0.358 e. The maximum atomic E-state index is 6.08. The van der Waals surface area contributed by atoms with Crippen molar-refractivity contribution in [1.29, 1.82) is 0 Å². The maximum absolute atomic E-state index is 6.08. The van der Waals surface area contributed by atoms with Crippen LogP contribution in [-0.2, 0) is 5.88 Å². The summed E-state index contributed by atoms with van der Waals surface area (Å²) in [6.45, 7) is 8.78. The zero-order valence-corrected chi connectivity index (χ0v) is 13.0. The smallest absolute Gasteiger partial charge is 0.133 e. The highest BCUT2D eigenvalue weighted by Gasteiger charge is 2.15. The number of halogens is 1. The SMILES string of the molecule is Cc1cc(C)c(CCl)c(N(C)CCN2CCCC2)n1. The van der Waals surface area contributed by atoms with Gasteiger partial charge in [-0.05, 0) is 51.4 Å². The van der Waals surface area contributed by atoms with Gasteiger partial charge in [-0.3, -0.25) is 0 Å². The van der Waals surface area contributed by atoms with Crippen molar-refractivity contribution in [3.63, 3.8) is 0 Å². The number of rotatable bonds is 5. The molecule has 1 aliphatic heterocycles. The number of anilines is 1. The Balaban J connectivity index is 2.06. The minimum atomic E-state index is 0.530. The van der Waals surface area contributed by atoms with Crippen LogP contribution in [0.5, 0.6) is 0 Å². The van der Waals surface area contributed by atoms with E-state index < -0.39 is 0 Å². The van der Waals surface area contributed by atoms with Crippen LogP contribution in [0.2, 0.25) is 0 Å². The molecule has 2 heterocycles. The molecule has 0 saturated carbocycles. The molecule has 3 nitrogen and oxygen atoms in total. The third-order valence-corrected chi connectivity index (χ3v) is 4.17. The van der Waals surface area contributed by atoms with Crippen LogP contribution < -0.4 is 4.90 Å². The second-order valence-corrected chi connectivity index (χ2v) is 5.75. The largest absolute Gasteiger partial charge is 0.358 e. The van der Waals surface area contributed by atoms with E-state index in [1.165, 1.54) is 31.5 Å². The Morgan fingerprint density at radius 1 is 1.32 bits per heavy atom. The summed E-state index contributed by atoms with van der Waals surface area (Å²) in [4.78, 5) is 9.45. The molecule has 0 aromatic carbocycles. The van der Waals surface area contributed by atoms with Crippen LogP contribution in [0.15, 0.2) is 6.07 Å². The molecule has 1 aromatic rings. The van der Waals surface area contributed by atoms with Gasteiger partial charge < -0.3 is 9.80 Å². The summed E-state index contributed by atoms with van der Waals surface area (Å²) in [6, 6.07) is 2.11. The number of aryl methyl sites for hydroxylation is 2. The fourth-order valence-corrected chi connectivity index (χ4v) is 3.06. The summed E-state index contributed by atoms with van der Waals surface area (Å²) in [5.74, 6) is 1.58. The Morgan fingerprint density at radius 3 is 2.63 bits per heavy atom. The van der Waals surface area contributed by atoms with Crippen LogP contribution >= 0.6 is 11.6 Å². The predicted molar refractivity (Wildman–Crippen MR) is 82.2 cm³/mol. The minimum absolute atomic E-state index is 0.530. The Hall–Kier alpha value is -0.800. The zero-order valence-electron chi connectivity index (χ0n) is 12.2. The number of hydrogen-bond acceptors (Lipinski definition) is 3. The lowest BCUT2D eigenvalue weighted by Gasteiger charge is -2.25. The van der Waals surface area contributed by atoms with E-state index in [9.17, 15) is 0 Å². The van der Waals surface area contributed by atoms with Gasteiger partial charge in [0.15, 0.2) is 0 Å². The van der Waals surface area contributed by atoms with Gasteiger partial charge in [0.2, 0.25) is 0 Å². The van der Waals surface area contributed by atoms with Crippen LogP contribution in [0.25, 0.3) is 0 Å². The van der Waals surface area contributed by atoms with Gasteiger partial charge in [-0.2, -0.15) is 0 Å². The lowest BCUT2D eigenvalue weighted by Crippen LogP contribution is -2.32. The molecule has 0 spiro atoms. The summed E-state index contributed by atoms with van der Waals surface area (Å²) >= 11 is 6.08. The van der Waals surface area contributed by atoms with Crippen molar-refractivity contribution in [2.24, 2.45) is 0 Å². The van der Waals surface area contributed by atoms with Gasteiger partial charge >= 0.3 is 0 Å². The molecule has 4 heteroatoms. The molecule has 19 heavy (non-hydrogen) atoms. The second-order valence-electron chi connectivity index (χ2n) is 5.49. The van der Waals surface area contributed by atoms with Crippen molar-refractivity contribution in [3.05, 3.63) is 22.9 Å². The van der Waals surface area contributed by atoms with E-state index in [0.29, 0.717) is 5.88 Å². The second kappa shape index (κ2) is 6.58. The summed E-state index contributed by atoms with van der Waals surface area (Å²) < 4.78 is 0. The molecule has 0 N–H and O–H groups in total. The van der Waals surface area contributed by atoms with E-state index in [4.69, 9.17) is 11.6 Å². The van der Waals surface area contributed by atoms with Crippen molar-refractivity contribution < 1.29 is 0 Å². The van der Waals surface area contributed by atoms with Crippen molar-refractivity contribution in [2.45, 2.75) is 32.6 Å². The number of nitrogens with zero attached hydrogens (tertiary/aromatic N) is 3. The third kappa shape index (κ3) is 3.61. The molecule has 0 radical (unpaired) electrons. The molecule has 0 unspecified atom stereocenters. The molecule has 106 valence electrons. The highest BCUT2D eigenvalue weighted by atomic mass is 35.5. The predicted octanol–water partition coefficient (Wildman–Crippen LogP) is 2.97. The molecule has 0 aliphatic carbocycles. The molecule has 0 bridgehead atoms. The van der Waals surface area contributed by atoms with Crippen molar-refractivity contribution in [1.82, 2.24) is 9.88 Å². The Labute approximate surface area is 121 Å². The average molecular weight is 282 g/mol. The van der Waals surface area contributed by atoms with E-state index >= 15 is 0 Å². The number of pyridine rings is 1. The van der Waals surface area contributed by atoms with E-state index in [0.717, 1.165) is 30.2 Å². The number of likely N-dealkylation sites (tertiary alicyclic amines) is 1. The first-order valence-corrected chi connectivity index (χ1v) is 7.62. The van der Waals surface area contributed by atoms with E-state index in [1.807, 2.05) is 6.92 Å². The van der Waals surface area contributed by atoms with Gasteiger partial charge in [0.05, 0.1) is 5.88 Å². The van der Waals surface area contributed by atoms with Crippen LogP contribution in [0, 0.1) is 13.8 Å². The monoisotopic (exact) mass is 281 g/mol. The zero-order chi connectivity index (χ0) is 13.8. The van der Waals surface area contributed by atoms with E-state index in [-0.39, 0.29) is 0 Å². The van der Waals surface area contributed by atoms with E-state index in [2.05, 4.69) is 34.8 Å². The number of hydrogen-bond donors (Lipinski definition) is 0. The van der Waals surface area contributed by atoms with E-state index in [1.54, 1.807) is 0 Å². The van der Waals surface area contributed by atoms with Gasteiger partial charge in [0, 0.05) is 31.4 Å². The Bertz CT molecular complexity index is 428. The van der Waals surface area contributed by atoms with Crippen molar-refractivity contribution in [2.75, 3.05) is 38.1 Å². The summed E-state index contributed by atoms with van der Waals surface area (Å²) in [5.41, 5.74) is 3.47. The highest BCUT2D eigenvalue weighted by molar-refractivity contribution is 6.17. The van der Waals surface area contributed by atoms with Crippen molar-refractivity contribution in [3.8, 4) is 0 Å². The molecule has 1 aliphatic rings. The van der Waals surface area contributed by atoms with Gasteiger partial charge in [0.1, 0.15) is 5.82 Å². The molecule has 1 aromatic heterocycles. The quantitative estimate of drug-likeness (QED) is 0.774. The Morgan fingerprint density at radius 2 is 2.00 bits per heavy atom. The van der Waals surface area contributed by atoms with Crippen LogP contribution in [0.1, 0.15) is 29.7 Å². The Kier molecular flexibility index (Phi) is 5.06. The average Bonchev–Trinajstić information content (AvgIpc) is 2.88. The van der Waals surface area contributed by atoms with Crippen LogP contribution in [-0.4, -0.2) is 43.1 Å². The fourth-order valence-electron chi connectivity index (χ4n) is 2.73. The van der Waals surface area contributed by atoms with Crippen LogP contribution in [0.4, 0.5) is 5.82 Å². The number of aromatic nitrogens is 1. The van der Waals surface area contributed by atoms with Crippen molar-refractivity contribution >= 4 is 17.4 Å². The molecule has 0 amide bonds. The topological polar surface area (TPSA) is 19.4 Å². The lowest BCUT2D eigenvalue weighted by molar-refractivity contribution is 0.346. The summed E-state index contributed by atoms with van der Waals surface area (Å²) in [5, 5.41) is 0. The first-order valence-electron chi connectivity index (χ1n) is 7.08. The van der Waals surface area contributed by atoms with Gasteiger partial charge in [-0.15, -0.1) is 11.6 Å². The molecule has 2 rings (SSSR count). The highest BCUT2D eigenvalue weighted by Crippen LogP contribution is 2.23. The molecule has 0 atom stereocenters.